The summed E-state index contributed by atoms with van der Waals surface area (Å²) in [6.07, 6.45) is 2.90. The van der Waals surface area contributed by atoms with Crippen molar-refractivity contribution in [2.75, 3.05) is 31.1 Å². The van der Waals surface area contributed by atoms with Crippen LogP contribution in [0.4, 0.5) is 5.69 Å². The maximum atomic E-state index is 13.1. The molecular formula is C23H24N4O2. The molecule has 0 saturated carbocycles. The summed E-state index contributed by atoms with van der Waals surface area (Å²) in [7, 11) is 0. The molecule has 0 bridgehead atoms. The molecule has 0 N–H and O–H groups in total. The van der Waals surface area contributed by atoms with Crippen molar-refractivity contribution in [1.29, 1.82) is 0 Å². The molecule has 1 saturated heterocycles. The number of aryl methyl sites for hydroxylation is 1. The Morgan fingerprint density at radius 1 is 0.897 bits per heavy atom. The molecule has 5 rings (SSSR count). The van der Waals surface area contributed by atoms with E-state index in [-0.39, 0.29) is 11.5 Å². The number of piperazine rings is 1. The van der Waals surface area contributed by atoms with Gasteiger partial charge in [-0.3, -0.25) is 14.2 Å². The van der Waals surface area contributed by atoms with Gasteiger partial charge in [0, 0.05) is 50.4 Å². The smallest absolute Gasteiger partial charge is 0.261 e. The second-order valence-electron chi connectivity index (χ2n) is 7.79. The molecule has 6 nitrogen and oxygen atoms in total. The van der Waals surface area contributed by atoms with Crippen LogP contribution >= 0.6 is 0 Å². The fourth-order valence-corrected chi connectivity index (χ4v) is 4.36. The summed E-state index contributed by atoms with van der Waals surface area (Å²) in [5, 5.41) is 0.598. The van der Waals surface area contributed by atoms with Gasteiger partial charge < -0.3 is 9.80 Å². The third-order valence-corrected chi connectivity index (χ3v) is 6.00. The summed E-state index contributed by atoms with van der Waals surface area (Å²) in [4.78, 5) is 34.7. The fourth-order valence-electron chi connectivity index (χ4n) is 4.36. The molecule has 3 aromatic rings. The quantitative estimate of drug-likeness (QED) is 0.677. The molecule has 0 unspecified atom stereocenters. The van der Waals surface area contributed by atoms with Crippen molar-refractivity contribution in [3.05, 3.63) is 70.3 Å². The molecular weight excluding hydrogens is 364 g/mol. The van der Waals surface area contributed by atoms with Gasteiger partial charge in [0.05, 0.1) is 10.9 Å². The summed E-state index contributed by atoms with van der Waals surface area (Å²) >= 11 is 0. The first kappa shape index (κ1) is 17.9. The topological polar surface area (TPSA) is 58.4 Å². The minimum atomic E-state index is 0.0132. The summed E-state index contributed by atoms with van der Waals surface area (Å²) < 4.78 is 1.79. The highest BCUT2D eigenvalue weighted by atomic mass is 16.2. The number of carbonyl (C=O) groups excluding carboxylic acids is 1. The van der Waals surface area contributed by atoms with E-state index in [0.717, 1.165) is 44.7 Å². The molecule has 0 spiro atoms. The van der Waals surface area contributed by atoms with E-state index in [1.807, 2.05) is 23.1 Å². The number of hydrogen-bond donors (Lipinski definition) is 0. The molecule has 1 fully saturated rings. The van der Waals surface area contributed by atoms with Gasteiger partial charge >= 0.3 is 0 Å². The van der Waals surface area contributed by atoms with Gasteiger partial charge in [-0.2, -0.15) is 0 Å². The van der Waals surface area contributed by atoms with Crippen molar-refractivity contribution in [3.8, 4) is 0 Å². The third kappa shape index (κ3) is 3.28. The van der Waals surface area contributed by atoms with Gasteiger partial charge in [-0.15, -0.1) is 0 Å². The second kappa shape index (κ2) is 7.35. The monoisotopic (exact) mass is 388 g/mol. The number of nitrogens with zero attached hydrogens (tertiary/aromatic N) is 4. The number of fused-ring (bicyclic) bond motifs is 2. The molecule has 1 aromatic heterocycles. The van der Waals surface area contributed by atoms with Gasteiger partial charge in [0.15, 0.2) is 0 Å². The van der Waals surface area contributed by atoms with Gasteiger partial charge in [-0.1, -0.05) is 18.2 Å². The van der Waals surface area contributed by atoms with Crippen LogP contribution in [0.25, 0.3) is 10.9 Å². The number of para-hydroxylation sites is 1. The van der Waals surface area contributed by atoms with Crippen molar-refractivity contribution >= 4 is 22.5 Å². The number of benzene rings is 2. The Morgan fingerprint density at radius 2 is 1.69 bits per heavy atom. The van der Waals surface area contributed by atoms with Crippen LogP contribution < -0.4 is 10.5 Å². The number of carbonyl (C=O) groups is 1. The van der Waals surface area contributed by atoms with Gasteiger partial charge in [0.2, 0.25) is 0 Å². The van der Waals surface area contributed by atoms with Crippen molar-refractivity contribution in [2.45, 2.75) is 25.8 Å². The van der Waals surface area contributed by atoms with Crippen LogP contribution in [-0.4, -0.2) is 46.5 Å². The lowest BCUT2D eigenvalue weighted by atomic mass is 10.1. The lowest BCUT2D eigenvalue weighted by Crippen LogP contribution is -2.48. The van der Waals surface area contributed by atoms with E-state index in [1.54, 1.807) is 22.8 Å². The number of amides is 1. The Hall–Kier alpha value is -3.15. The predicted molar refractivity (Wildman–Crippen MR) is 113 cm³/mol. The third-order valence-electron chi connectivity index (χ3n) is 6.00. The van der Waals surface area contributed by atoms with Gasteiger partial charge in [0.25, 0.3) is 11.5 Å². The van der Waals surface area contributed by atoms with Crippen molar-refractivity contribution in [3.63, 3.8) is 0 Å². The van der Waals surface area contributed by atoms with E-state index in [1.165, 1.54) is 5.69 Å². The molecule has 0 atom stereocenters. The highest BCUT2D eigenvalue weighted by Gasteiger charge is 2.23. The van der Waals surface area contributed by atoms with Crippen molar-refractivity contribution in [2.24, 2.45) is 0 Å². The lowest BCUT2D eigenvalue weighted by molar-refractivity contribution is 0.0747. The molecule has 29 heavy (non-hydrogen) atoms. The Morgan fingerprint density at radius 3 is 2.48 bits per heavy atom. The van der Waals surface area contributed by atoms with Crippen LogP contribution in [0.15, 0.2) is 53.3 Å². The molecule has 2 aliphatic rings. The van der Waals surface area contributed by atoms with Crippen LogP contribution in [0, 0.1) is 0 Å². The second-order valence-corrected chi connectivity index (χ2v) is 7.79. The number of hydrogen-bond acceptors (Lipinski definition) is 4. The van der Waals surface area contributed by atoms with Crippen LogP contribution in [0.3, 0.4) is 0 Å². The van der Waals surface area contributed by atoms with E-state index in [9.17, 15) is 9.59 Å². The molecule has 1 amide bonds. The van der Waals surface area contributed by atoms with Gasteiger partial charge in [-0.25, -0.2) is 4.98 Å². The van der Waals surface area contributed by atoms with Crippen molar-refractivity contribution < 1.29 is 4.79 Å². The van der Waals surface area contributed by atoms with E-state index in [2.05, 4.69) is 17.0 Å². The maximum Gasteiger partial charge on any atom is 0.261 e. The Balaban J connectivity index is 1.37. The molecule has 3 heterocycles. The summed E-state index contributed by atoms with van der Waals surface area (Å²) in [5.41, 5.74) is 2.45. The van der Waals surface area contributed by atoms with Crippen LogP contribution in [-0.2, 0) is 13.0 Å². The van der Waals surface area contributed by atoms with Crippen LogP contribution in [0.5, 0.6) is 0 Å². The average Bonchev–Trinajstić information content (AvgIpc) is 2.79. The minimum absolute atomic E-state index is 0.0132. The molecule has 2 aromatic carbocycles. The summed E-state index contributed by atoms with van der Waals surface area (Å²) in [5.74, 6) is 0.856. The Bertz CT molecular complexity index is 1110. The maximum absolute atomic E-state index is 13.1. The predicted octanol–water partition coefficient (Wildman–Crippen LogP) is 2.70. The Labute approximate surface area is 169 Å². The molecule has 6 heteroatoms. The molecule has 0 aliphatic carbocycles. The Kier molecular flexibility index (Phi) is 4.54. The number of anilines is 1. The van der Waals surface area contributed by atoms with Gasteiger partial charge in [-0.05, 0) is 43.2 Å². The minimum Gasteiger partial charge on any atom is -0.368 e. The lowest BCUT2D eigenvalue weighted by Gasteiger charge is -2.36. The largest absolute Gasteiger partial charge is 0.368 e. The number of aromatic nitrogens is 2. The first-order valence-corrected chi connectivity index (χ1v) is 10.3. The van der Waals surface area contributed by atoms with E-state index < -0.39 is 0 Å². The zero-order chi connectivity index (χ0) is 19.8. The van der Waals surface area contributed by atoms with Crippen LogP contribution in [0.2, 0.25) is 0 Å². The highest BCUT2D eigenvalue weighted by molar-refractivity contribution is 5.97. The fraction of sp³-hybridized carbons (Fsp3) is 0.348. The van der Waals surface area contributed by atoms with Gasteiger partial charge in [0.1, 0.15) is 5.82 Å². The standard InChI is InChI=1S/C23H24N4O2/c28-22(26-14-12-25(13-15-26)18-6-2-1-3-7-18)17-9-10-19-20(16-17)24-21-8-4-5-11-27(21)23(19)29/h1-3,6-7,9-10,16H,4-5,8,11-15H2. The average molecular weight is 388 g/mol. The van der Waals surface area contributed by atoms with E-state index in [0.29, 0.717) is 29.6 Å². The van der Waals surface area contributed by atoms with Crippen LogP contribution in [0.1, 0.15) is 29.0 Å². The molecule has 0 radical (unpaired) electrons. The highest BCUT2D eigenvalue weighted by Crippen LogP contribution is 2.19. The first-order chi connectivity index (χ1) is 14.2. The summed E-state index contributed by atoms with van der Waals surface area (Å²) in [6.45, 7) is 3.74. The van der Waals surface area contributed by atoms with Crippen molar-refractivity contribution in [1.82, 2.24) is 14.5 Å². The molecule has 2 aliphatic heterocycles. The zero-order valence-electron chi connectivity index (χ0n) is 16.4. The van der Waals surface area contributed by atoms with E-state index >= 15 is 0 Å². The number of rotatable bonds is 2. The molecule has 148 valence electrons. The first-order valence-electron chi connectivity index (χ1n) is 10.3. The summed E-state index contributed by atoms with van der Waals surface area (Å²) in [6, 6.07) is 15.6. The SMILES string of the molecule is O=C(c1ccc2c(=O)n3c(nc2c1)CCCC3)N1CCN(c2ccccc2)CC1. The zero-order valence-corrected chi connectivity index (χ0v) is 16.4. The normalized spacial score (nSPS) is 16.7. The van der Waals surface area contributed by atoms with E-state index in [4.69, 9.17) is 4.98 Å².